The van der Waals surface area contributed by atoms with E-state index < -0.39 is 0 Å². The highest BCUT2D eigenvalue weighted by atomic mass is 32.1. The highest BCUT2D eigenvalue weighted by molar-refractivity contribution is 7.08. The molecule has 0 saturated heterocycles. The highest BCUT2D eigenvalue weighted by Crippen LogP contribution is 2.25. The van der Waals surface area contributed by atoms with E-state index in [1.54, 1.807) is 24.3 Å². The van der Waals surface area contributed by atoms with Crippen LogP contribution >= 0.6 is 11.3 Å². The average Bonchev–Trinajstić information content (AvgIpc) is 3.25. The zero-order valence-electron chi connectivity index (χ0n) is 11.2. The maximum atomic E-state index is 12.3. The van der Waals surface area contributed by atoms with Crippen molar-refractivity contribution in [1.82, 2.24) is 15.0 Å². The van der Waals surface area contributed by atoms with E-state index in [1.807, 2.05) is 16.8 Å². The summed E-state index contributed by atoms with van der Waals surface area (Å²) in [4.78, 5) is 29.9. The molecule has 4 rings (SSSR count). The van der Waals surface area contributed by atoms with Gasteiger partial charge in [-0.2, -0.15) is 16.3 Å². The molecule has 0 N–H and O–H groups in total. The van der Waals surface area contributed by atoms with Gasteiger partial charge in [0.15, 0.2) is 0 Å². The fourth-order valence-corrected chi connectivity index (χ4v) is 2.98. The zero-order valence-corrected chi connectivity index (χ0v) is 12.0. The number of carbonyl (C=O) groups excluding carboxylic acids is 2. The summed E-state index contributed by atoms with van der Waals surface area (Å²) < 4.78 is 5.14. The van der Waals surface area contributed by atoms with Crippen molar-refractivity contribution in [3.8, 4) is 11.4 Å². The average molecular weight is 311 g/mol. The molecule has 0 atom stereocenters. The van der Waals surface area contributed by atoms with Gasteiger partial charge in [0.2, 0.25) is 11.7 Å². The first-order valence-electron chi connectivity index (χ1n) is 6.54. The summed E-state index contributed by atoms with van der Waals surface area (Å²) in [5.74, 6) is 0.00957. The van der Waals surface area contributed by atoms with Crippen LogP contribution in [0.15, 0.2) is 45.6 Å². The number of nitrogens with zero attached hydrogens (tertiary/aromatic N) is 3. The minimum Gasteiger partial charge on any atom is -0.337 e. The van der Waals surface area contributed by atoms with Gasteiger partial charge >= 0.3 is 0 Å². The standard InChI is InChI=1S/C15H9N3O3S/c19-14-10-3-1-2-4-11(10)15(20)18(14)7-12-16-13(17-21-12)9-5-6-22-8-9/h1-6,8H,7H2. The SMILES string of the molecule is O=C1c2ccccc2C(=O)N1Cc1nc(-c2ccsc2)no1. The topological polar surface area (TPSA) is 76.3 Å². The summed E-state index contributed by atoms with van der Waals surface area (Å²) in [6, 6.07) is 8.62. The van der Waals surface area contributed by atoms with Crippen LogP contribution < -0.4 is 0 Å². The molecule has 3 heterocycles. The number of hydrogen-bond acceptors (Lipinski definition) is 6. The Hall–Kier alpha value is -2.80. The molecule has 108 valence electrons. The number of benzene rings is 1. The van der Waals surface area contributed by atoms with E-state index in [0.717, 1.165) is 10.5 Å². The molecule has 2 amide bonds. The predicted molar refractivity (Wildman–Crippen MR) is 78.3 cm³/mol. The van der Waals surface area contributed by atoms with Gasteiger partial charge in [0.05, 0.1) is 11.1 Å². The number of carbonyl (C=O) groups is 2. The van der Waals surface area contributed by atoms with Gasteiger partial charge in [-0.05, 0) is 23.6 Å². The molecule has 0 aliphatic carbocycles. The first-order valence-corrected chi connectivity index (χ1v) is 7.49. The van der Waals surface area contributed by atoms with Crippen LogP contribution in [0.2, 0.25) is 0 Å². The Morgan fingerprint density at radius 2 is 1.82 bits per heavy atom. The van der Waals surface area contributed by atoms with Crippen molar-refractivity contribution >= 4 is 23.2 Å². The molecule has 2 aromatic heterocycles. The van der Waals surface area contributed by atoms with Crippen molar-refractivity contribution in [3.63, 3.8) is 0 Å². The molecule has 1 aliphatic rings. The first-order chi connectivity index (χ1) is 10.7. The zero-order chi connectivity index (χ0) is 15.1. The second-order valence-corrected chi connectivity index (χ2v) is 5.55. The van der Waals surface area contributed by atoms with Crippen LogP contribution in [0.4, 0.5) is 0 Å². The second kappa shape index (κ2) is 4.88. The van der Waals surface area contributed by atoms with E-state index in [9.17, 15) is 9.59 Å². The van der Waals surface area contributed by atoms with Gasteiger partial charge in [0, 0.05) is 10.9 Å². The van der Waals surface area contributed by atoms with E-state index in [1.165, 1.54) is 11.3 Å². The summed E-state index contributed by atoms with van der Waals surface area (Å²) in [6.45, 7) is -0.0243. The third kappa shape index (κ3) is 1.94. The van der Waals surface area contributed by atoms with Crippen molar-refractivity contribution in [2.45, 2.75) is 6.54 Å². The third-order valence-corrected chi connectivity index (χ3v) is 4.10. The molecule has 6 nitrogen and oxygen atoms in total. The summed E-state index contributed by atoms with van der Waals surface area (Å²) in [5, 5.41) is 7.68. The molecule has 0 bridgehead atoms. The van der Waals surface area contributed by atoms with Crippen molar-refractivity contribution in [2.24, 2.45) is 0 Å². The minimum atomic E-state index is -0.337. The van der Waals surface area contributed by atoms with Gasteiger partial charge in [0.25, 0.3) is 11.8 Å². The Kier molecular flexibility index (Phi) is 2.87. The number of hydrogen-bond donors (Lipinski definition) is 0. The fraction of sp³-hybridized carbons (Fsp3) is 0.0667. The summed E-state index contributed by atoms with van der Waals surface area (Å²) in [7, 11) is 0. The molecule has 0 spiro atoms. The van der Waals surface area contributed by atoms with E-state index in [0.29, 0.717) is 17.0 Å². The third-order valence-electron chi connectivity index (χ3n) is 3.42. The lowest BCUT2D eigenvalue weighted by molar-refractivity contribution is 0.0625. The molecule has 7 heteroatoms. The van der Waals surface area contributed by atoms with E-state index in [2.05, 4.69) is 10.1 Å². The second-order valence-electron chi connectivity index (χ2n) is 4.77. The predicted octanol–water partition coefficient (Wildman–Crippen LogP) is 2.59. The highest BCUT2D eigenvalue weighted by Gasteiger charge is 2.36. The smallest absolute Gasteiger partial charge is 0.262 e. The summed E-state index contributed by atoms with van der Waals surface area (Å²) >= 11 is 1.53. The van der Waals surface area contributed by atoms with Crippen LogP contribution in [0.3, 0.4) is 0 Å². The molecule has 1 aliphatic heterocycles. The molecule has 0 fully saturated rings. The quantitative estimate of drug-likeness (QED) is 0.695. The van der Waals surface area contributed by atoms with E-state index >= 15 is 0 Å². The lowest BCUT2D eigenvalue weighted by Gasteiger charge is -2.09. The van der Waals surface area contributed by atoms with E-state index in [-0.39, 0.29) is 24.2 Å². The van der Waals surface area contributed by atoms with Gasteiger partial charge in [0.1, 0.15) is 6.54 Å². The summed E-state index contributed by atoms with van der Waals surface area (Å²) in [5.41, 5.74) is 1.66. The largest absolute Gasteiger partial charge is 0.337 e. The molecule has 1 aromatic carbocycles. The molecule has 0 radical (unpaired) electrons. The lowest BCUT2D eigenvalue weighted by Crippen LogP contribution is -2.29. The molecular weight excluding hydrogens is 302 g/mol. The maximum Gasteiger partial charge on any atom is 0.262 e. The number of fused-ring (bicyclic) bond motifs is 1. The van der Waals surface area contributed by atoms with Crippen LogP contribution in [-0.2, 0) is 6.54 Å². The number of thiophene rings is 1. The molecule has 0 saturated carbocycles. The minimum absolute atomic E-state index is 0.0243. The number of aromatic nitrogens is 2. The number of amides is 2. The Morgan fingerprint density at radius 1 is 1.09 bits per heavy atom. The number of rotatable bonds is 3. The van der Waals surface area contributed by atoms with Crippen LogP contribution in [0.1, 0.15) is 26.6 Å². The van der Waals surface area contributed by atoms with Gasteiger partial charge in [-0.3, -0.25) is 14.5 Å². The van der Waals surface area contributed by atoms with Crippen LogP contribution in [0.5, 0.6) is 0 Å². The van der Waals surface area contributed by atoms with Crippen molar-refractivity contribution in [1.29, 1.82) is 0 Å². The van der Waals surface area contributed by atoms with Gasteiger partial charge in [-0.15, -0.1) is 0 Å². The molecule has 22 heavy (non-hydrogen) atoms. The Labute approximate surface area is 129 Å². The lowest BCUT2D eigenvalue weighted by atomic mass is 10.1. The first kappa shape index (κ1) is 12.9. The summed E-state index contributed by atoms with van der Waals surface area (Å²) in [6.07, 6.45) is 0. The van der Waals surface area contributed by atoms with Crippen molar-refractivity contribution in [2.75, 3.05) is 0 Å². The Bertz CT molecular complexity index is 835. The fourth-order valence-electron chi connectivity index (χ4n) is 2.35. The van der Waals surface area contributed by atoms with Crippen LogP contribution in [0.25, 0.3) is 11.4 Å². The molecule has 0 unspecified atom stereocenters. The van der Waals surface area contributed by atoms with Gasteiger partial charge in [-0.1, -0.05) is 17.3 Å². The number of imide groups is 1. The van der Waals surface area contributed by atoms with Crippen LogP contribution in [-0.4, -0.2) is 26.9 Å². The maximum absolute atomic E-state index is 12.3. The van der Waals surface area contributed by atoms with Gasteiger partial charge < -0.3 is 4.52 Å². The molecule has 3 aromatic rings. The Morgan fingerprint density at radius 3 is 2.45 bits per heavy atom. The normalized spacial score (nSPS) is 13.7. The van der Waals surface area contributed by atoms with Crippen molar-refractivity contribution < 1.29 is 14.1 Å². The van der Waals surface area contributed by atoms with Gasteiger partial charge in [-0.25, -0.2) is 0 Å². The molecular formula is C15H9N3O3S. The van der Waals surface area contributed by atoms with E-state index in [4.69, 9.17) is 4.52 Å². The van der Waals surface area contributed by atoms with Crippen LogP contribution in [0, 0.1) is 0 Å². The monoisotopic (exact) mass is 311 g/mol. The van der Waals surface area contributed by atoms with Crippen molar-refractivity contribution in [3.05, 3.63) is 58.1 Å². The Balaban J connectivity index is 1.60.